The van der Waals surface area contributed by atoms with Crippen LogP contribution in [0.15, 0.2) is 48.5 Å². The van der Waals surface area contributed by atoms with Gasteiger partial charge in [-0.3, -0.25) is 14.4 Å². The van der Waals surface area contributed by atoms with Gasteiger partial charge in [-0.15, -0.1) is 0 Å². The van der Waals surface area contributed by atoms with Crippen molar-refractivity contribution in [3.8, 4) is 0 Å². The van der Waals surface area contributed by atoms with Crippen molar-refractivity contribution in [3.05, 3.63) is 70.8 Å². The molecule has 0 unspecified atom stereocenters. The topological polar surface area (TPSA) is 51.2 Å². The highest BCUT2D eigenvalue weighted by Gasteiger charge is 2.27. The maximum Gasteiger partial charge on any atom is 0.141 e. The Morgan fingerprint density at radius 1 is 0.550 bits per heavy atom. The van der Waals surface area contributed by atoms with Gasteiger partial charge in [0, 0.05) is 37.5 Å². The molecule has 2 aliphatic rings. The van der Waals surface area contributed by atoms with Gasteiger partial charge in [0.05, 0.1) is 0 Å². The molecule has 0 atom stereocenters. The predicted octanol–water partition coefficient (Wildman–Crippen LogP) is 9.11. The third-order valence-electron chi connectivity index (χ3n) is 9.62. The molecule has 0 radical (unpaired) electrons. The highest BCUT2D eigenvalue weighted by Crippen LogP contribution is 2.38. The third-order valence-corrected chi connectivity index (χ3v) is 9.62. The summed E-state index contributed by atoms with van der Waals surface area (Å²) in [5.74, 6) is 2.82. The number of hydrogen-bond donors (Lipinski definition) is 0. The lowest BCUT2D eigenvalue weighted by atomic mass is 9.76. The number of unbranched alkanes of at least 4 members (excludes halogenated alkanes) is 2. The van der Waals surface area contributed by atoms with E-state index in [-0.39, 0.29) is 17.6 Å². The van der Waals surface area contributed by atoms with Gasteiger partial charge in [0.2, 0.25) is 0 Å². The summed E-state index contributed by atoms with van der Waals surface area (Å²) >= 11 is 0. The van der Waals surface area contributed by atoms with Gasteiger partial charge in [-0.05, 0) is 98.3 Å². The molecular weight excluding hydrogens is 492 g/mol. The number of Topliss-reactive ketones (excluding diaryl/α,β-unsaturated/α-hetero) is 3. The molecule has 0 N–H and O–H groups in total. The molecule has 0 aliphatic heterocycles. The van der Waals surface area contributed by atoms with E-state index < -0.39 is 0 Å². The molecule has 2 saturated carbocycles. The van der Waals surface area contributed by atoms with E-state index in [1.54, 1.807) is 0 Å². The van der Waals surface area contributed by atoms with Gasteiger partial charge in [-0.1, -0.05) is 75.2 Å². The van der Waals surface area contributed by atoms with E-state index in [2.05, 4.69) is 62.4 Å². The second kappa shape index (κ2) is 15.5. The summed E-state index contributed by atoms with van der Waals surface area (Å²) in [6.45, 7) is 4.29. The first-order chi connectivity index (χ1) is 19.5. The Hall–Kier alpha value is -2.55. The highest BCUT2D eigenvalue weighted by molar-refractivity contribution is 5.83. The number of rotatable bonds is 14. The molecule has 3 heteroatoms. The zero-order valence-electron chi connectivity index (χ0n) is 25.0. The van der Waals surface area contributed by atoms with E-state index in [4.69, 9.17) is 0 Å². The van der Waals surface area contributed by atoms with Crippen molar-refractivity contribution in [2.24, 2.45) is 11.8 Å². The largest absolute Gasteiger partial charge is 0.299 e. The van der Waals surface area contributed by atoms with E-state index in [1.165, 1.54) is 11.1 Å². The minimum atomic E-state index is 0.248. The molecule has 2 aliphatic carbocycles. The summed E-state index contributed by atoms with van der Waals surface area (Å²) in [4.78, 5) is 37.6. The van der Waals surface area contributed by atoms with Crippen molar-refractivity contribution in [1.29, 1.82) is 0 Å². The van der Waals surface area contributed by atoms with E-state index >= 15 is 0 Å². The number of benzene rings is 2. The van der Waals surface area contributed by atoms with E-state index in [0.29, 0.717) is 36.2 Å². The van der Waals surface area contributed by atoms with Crippen LogP contribution in [0.2, 0.25) is 0 Å². The fraction of sp³-hybridized carbons (Fsp3) is 0.595. The van der Waals surface area contributed by atoms with Crippen molar-refractivity contribution in [2.75, 3.05) is 0 Å². The Morgan fingerprint density at radius 3 is 1.23 bits per heavy atom. The average Bonchev–Trinajstić information content (AvgIpc) is 2.99. The van der Waals surface area contributed by atoms with Gasteiger partial charge < -0.3 is 0 Å². The quantitative estimate of drug-likeness (QED) is 0.239. The van der Waals surface area contributed by atoms with Gasteiger partial charge in [0.25, 0.3) is 0 Å². The fourth-order valence-electron chi connectivity index (χ4n) is 6.94. The molecule has 0 saturated heterocycles. The first-order valence-electron chi connectivity index (χ1n) is 16.2. The number of carbonyl (C=O) groups excluding carboxylic acids is 3. The molecule has 3 nitrogen and oxygen atoms in total. The molecule has 216 valence electrons. The standard InChI is InChI=1S/C37H50O3/c1-3-5-7-36(39)33-21-17-31(18-22-33)29-13-9-27(10-14-29)25-35(38)26-28-11-15-30(16-12-28)32-19-23-34(24-20-32)37(40)8-6-4-2/h9-16,31-34H,3-8,17-26H2,1-2H3/t31-,32?,33-,34?. The molecule has 0 heterocycles. The smallest absolute Gasteiger partial charge is 0.141 e. The Balaban J connectivity index is 1.20. The van der Waals surface area contributed by atoms with Crippen LogP contribution in [0, 0.1) is 11.8 Å². The lowest BCUT2D eigenvalue weighted by molar-refractivity contribution is -0.124. The molecule has 40 heavy (non-hydrogen) atoms. The first kappa shape index (κ1) is 30.4. The van der Waals surface area contributed by atoms with E-state index in [1.807, 2.05) is 0 Å². The zero-order valence-corrected chi connectivity index (χ0v) is 25.0. The predicted molar refractivity (Wildman–Crippen MR) is 164 cm³/mol. The lowest BCUT2D eigenvalue weighted by Gasteiger charge is -2.28. The Morgan fingerprint density at radius 2 is 0.900 bits per heavy atom. The summed E-state index contributed by atoms with van der Waals surface area (Å²) < 4.78 is 0. The molecule has 2 aromatic rings. The maximum atomic E-state index is 12.8. The minimum Gasteiger partial charge on any atom is -0.299 e. The molecule has 0 aromatic heterocycles. The van der Waals surface area contributed by atoms with Gasteiger partial charge in [0.15, 0.2) is 0 Å². The summed E-state index contributed by atoms with van der Waals surface area (Å²) in [6.07, 6.45) is 15.1. The monoisotopic (exact) mass is 542 g/mol. The van der Waals surface area contributed by atoms with Gasteiger partial charge in [-0.25, -0.2) is 0 Å². The number of ketones is 3. The van der Waals surface area contributed by atoms with Crippen molar-refractivity contribution >= 4 is 17.3 Å². The van der Waals surface area contributed by atoms with Crippen LogP contribution in [-0.4, -0.2) is 17.3 Å². The molecule has 0 amide bonds. The molecule has 2 fully saturated rings. The summed E-state index contributed by atoms with van der Waals surface area (Å²) in [6, 6.07) is 17.3. The van der Waals surface area contributed by atoms with Crippen LogP contribution in [0.5, 0.6) is 0 Å². The molecule has 4 rings (SSSR count). The van der Waals surface area contributed by atoms with Crippen LogP contribution in [-0.2, 0) is 27.2 Å². The summed E-state index contributed by atoms with van der Waals surface area (Å²) in [5, 5.41) is 0. The summed E-state index contributed by atoms with van der Waals surface area (Å²) in [5.41, 5.74) is 4.87. The molecular formula is C37H50O3. The molecule has 0 bridgehead atoms. The second-order valence-corrected chi connectivity index (χ2v) is 12.6. The lowest BCUT2D eigenvalue weighted by Crippen LogP contribution is -2.21. The van der Waals surface area contributed by atoms with Gasteiger partial charge >= 0.3 is 0 Å². The highest BCUT2D eigenvalue weighted by atomic mass is 16.1. The van der Waals surface area contributed by atoms with Crippen molar-refractivity contribution in [3.63, 3.8) is 0 Å². The van der Waals surface area contributed by atoms with Crippen LogP contribution in [0.3, 0.4) is 0 Å². The van der Waals surface area contributed by atoms with Crippen molar-refractivity contribution in [2.45, 2.75) is 128 Å². The SMILES string of the molecule is CCCCC(=O)C1CCC(c2ccc(CC(=O)Cc3ccc([C@H]4CC[C@H](C(=O)CCCC)CC4)cc3)cc2)CC1. The Bertz CT molecular complexity index is 994. The normalized spacial score (nSPS) is 23.1. The van der Waals surface area contributed by atoms with Crippen molar-refractivity contribution in [1.82, 2.24) is 0 Å². The second-order valence-electron chi connectivity index (χ2n) is 12.6. The van der Waals surface area contributed by atoms with Crippen LogP contribution in [0.25, 0.3) is 0 Å². The van der Waals surface area contributed by atoms with Gasteiger partial charge in [-0.2, -0.15) is 0 Å². The minimum absolute atomic E-state index is 0.248. The zero-order chi connectivity index (χ0) is 28.3. The Labute approximate surface area is 242 Å². The van der Waals surface area contributed by atoms with E-state index in [9.17, 15) is 14.4 Å². The van der Waals surface area contributed by atoms with Crippen LogP contribution < -0.4 is 0 Å². The van der Waals surface area contributed by atoms with Crippen molar-refractivity contribution < 1.29 is 14.4 Å². The molecule has 0 spiro atoms. The Kier molecular flexibility index (Phi) is 11.7. The van der Waals surface area contributed by atoms with E-state index in [0.717, 1.165) is 101 Å². The summed E-state index contributed by atoms with van der Waals surface area (Å²) in [7, 11) is 0. The van der Waals surface area contributed by atoms with Crippen LogP contribution in [0.1, 0.15) is 138 Å². The average molecular weight is 543 g/mol. The first-order valence-corrected chi connectivity index (χ1v) is 16.2. The van der Waals surface area contributed by atoms with Crippen LogP contribution in [0.4, 0.5) is 0 Å². The van der Waals surface area contributed by atoms with Crippen LogP contribution >= 0.6 is 0 Å². The maximum absolute atomic E-state index is 12.8. The third kappa shape index (κ3) is 8.72. The number of hydrogen-bond acceptors (Lipinski definition) is 3. The van der Waals surface area contributed by atoms with Gasteiger partial charge in [0.1, 0.15) is 17.3 Å². The number of carbonyl (C=O) groups is 3. The fourth-order valence-corrected chi connectivity index (χ4v) is 6.94. The molecule has 2 aromatic carbocycles.